The second kappa shape index (κ2) is 9.28. The van der Waals surface area contributed by atoms with E-state index in [1.54, 1.807) is 24.3 Å². The molecule has 1 N–H and O–H groups in total. The van der Waals surface area contributed by atoms with Crippen molar-refractivity contribution in [1.29, 1.82) is 0 Å². The monoisotopic (exact) mass is 548 g/mol. The number of aromatic nitrogens is 1. The first-order chi connectivity index (χ1) is 16.9. The van der Waals surface area contributed by atoms with Gasteiger partial charge >= 0.3 is 5.91 Å². The molecule has 1 amide bonds. The molecule has 0 aliphatic carbocycles. The number of ketones is 1. The summed E-state index contributed by atoms with van der Waals surface area (Å²) in [5.41, 5.74) is 2.95. The number of anilines is 1. The van der Waals surface area contributed by atoms with Crippen LogP contribution in [0.2, 0.25) is 0 Å². The fourth-order valence-corrected chi connectivity index (χ4v) is 5.68. The third-order valence-corrected chi connectivity index (χ3v) is 7.30. The normalized spacial score (nSPS) is 17.3. The predicted octanol–water partition coefficient (Wildman–Crippen LogP) is 6.39. The summed E-state index contributed by atoms with van der Waals surface area (Å²) < 4.78 is 7.19. The third kappa shape index (κ3) is 4.24. The van der Waals surface area contributed by atoms with E-state index in [0.29, 0.717) is 28.6 Å². The third-order valence-electron chi connectivity index (χ3n) is 5.79. The Morgan fingerprint density at radius 3 is 2.60 bits per heavy atom. The van der Waals surface area contributed by atoms with Crippen molar-refractivity contribution in [1.82, 2.24) is 4.98 Å². The van der Waals surface area contributed by atoms with Crippen LogP contribution in [0.5, 0.6) is 5.75 Å². The van der Waals surface area contributed by atoms with E-state index in [-0.39, 0.29) is 11.3 Å². The van der Waals surface area contributed by atoms with Crippen LogP contribution in [0.15, 0.2) is 76.8 Å². The van der Waals surface area contributed by atoms with Crippen molar-refractivity contribution in [2.75, 3.05) is 11.5 Å². The van der Waals surface area contributed by atoms with Gasteiger partial charge in [0.15, 0.2) is 5.13 Å². The van der Waals surface area contributed by atoms with Gasteiger partial charge in [0.1, 0.15) is 11.5 Å². The lowest BCUT2D eigenvalue weighted by molar-refractivity contribution is -0.132. The van der Waals surface area contributed by atoms with Crippen LogP contribution < -0.4 is 9.64 Å². The average molecular weight is 549 g/mol. The Morgan fingerprint density at radius 1 is 1.11 bits per heavy atom. The van der Waals surface area contributed by atoms with Crippen molar-refractivity contribution in [2.24, 2.45) is 0 Å². The van der Waals surface area contributed by atoms with E-state index in [1.165, 1.54) is 16.2 Å². The number of Topliss-reactive ketones (excluding diaryl/α,β-unsaturated/α-hetero) is 1. The zero-order valence-electron chi connectivity index (χ0n) is 19.0. The maximum absolute atomic E-state index is 13.4. The summed E-state index contributed by atoms with van der Waals surface area (Å²) in [5, 5.41) is 11.7. The van der Waals surface area contributed by atoms with Gasteiger partial charge in [-0.3, -0.25) is 14.5 Å². The number of halogens is 1. The molecule has 5 rings (SSSR count). The SMILES string of the molecule is CCOc1ccc(/C(O)=C2\C(=O)C(=O)N(c3nc4ccc(C)cc4s3)[C@H]2c2cccc(Br)c2)cc1. The van der Waals surface area contributed by atoms with E-state index in [4.69, 9.17) is 4.74 Å². The highest BCUT2D eigenvalue weighted by atomic mass is 79.9. The second-order valence-electron chi connectivity index (χ2n) is 8.15. The van der Waals surface area contributed by atoms with E-state index >= 15 is 0 Å². The molecule has 1 aromatic heterocycles. The van der Waals surface area contributed by atoms with Crippen LogP contribution in [-0.4, -0.2) is 28.4 Å². The smallest absolute Gasteiger partial charge is 0.301 e. The number of benzene rings is 3. The summed E-state index contributed by atoms with van der Waals surface area (Å²) in [6.45, 7) is 4.39. The van der Waals surface area contributed by atoms with Gasteiger partial charge < -0.3 is 9.84 Å². The van der Waals surface area contributed by atoms with Crippen LogP contribution >= 0.6 is 27.3 Å². The van der Waals surface area contributed by atoms with Gasteiger partial charge in [-0.1, -0.05) is 45.5 Å². The number of ether oxygens (including phenoxy) is 1. The van der Waals surface area contributed by atoms with Gasteiger partial charge in [-0.15, -0.1) is 0 Å². The number of nitrogens with zero attached hydrogens (tertiary/aromatic N) is 2. The number of thiazole rings is 1. The van der Waals surface area contributed by atoms with E-state index in [2.05, 4.69) is 20.9 Å². The van der Waals surface area contributed by atoms with Gasteiger partial charge in [0.25, 0.3) is 5.78 Å². The molecule has 0 radical (unpaired) electrons. The molecule has 2 heterocycles. The van der Waals surface area contributed by atoms with Crippen LogP contribution in [0.1, 0.15) is 29.7 Å². The Balaban J connectivity index is 1.69. The summed E-state index contributed by atoms with van der Waals surface area (Å²) in [5.74, 6) is -1.07. The molecule has 1 atom stereocenters. The zero-order chi connectivity index (χ0) is 24.7. The minimum absolute atomic E-state index is 0.0210. The number of fused-ring (bicyclic) bond motifs is 1. The first-order valence-electron chi connectivity index (χ1n) is 11.0. The molecular weight excluding hydrogens is 528 g/mol. The van der Waals surface area contributed by atoms with Crippen molar-refractivity contribution in [3.63, 3.8) is 0 Å². The van der Waals surface area contributed by atoms with Crippen molar-refractivity contribution in [2.45, 2.75) is 19.9 Å². The number of amides is 1. The topological polar surface area (TPSA) is 79.7 Å². The molecule has 0 bridgehead atoms. The largest absolute Gasteiger partial charge is 0.507 e. The van der Waals surface area contributed by atoms with Crippen LogP contribution in [0.3, 0.4) is 0 Å². The van der Waals surface area contributed by atoms with Gasteiger partial charge in [-0.05, 0) is 73.5 Å². The summed E-state index contributed by atoms with van der Waals surface area (Å²) in [7, 11) is 0. The lowest BCUT2D eigenvalue weighted by atomic mass is 9.95. The van der Waals surface area contributed by atoms with E-state index in [1.807, 2.05) is 56.3 Å². The fraction of sp³-hybridized carbons (Fsp3) is 0.148. The summed E-state index contributed by atoms with van der Waals surface area (Å²) >= 11 is 4.83. The van der Waals surface area contributed by atoms with E-state index in [9.17, 15) is 14.7 Å². The molecule has 1 fully saturated rings. The van der Waals surface area contributed by atoms with Crippen LogP contribution in [0.25, 0.3) is 16.0 Å². The van der Waals surface area contributed by atoms with Crippen LogP contribution in [0.4, 0.5) is 5.13 Å². The van der Waals surface area contributed by atoms with Gasteiger partial charge in [0.2, 0.25) is 0 Å². The maximum atomic E-state index is 13.4. The van der Waals surface area contributed by atoms with Gasteiger partial charge in [-0.2, -0.15) is 0 Å². The van der Waals surface area contributed by atoms with E-state index < -0.39 is 17.7 Å². The minimum Gasteiger partial charge on any atom is -0.507 e. The van der Waals surface area contributed by atoms with Crippen molar-refractivity contribution < 1.29 is 19.4 Å². The Kier molecular flexibility index (Phi) is 6.17. The highest BCUT2D eigenvalue weighted by Crippen LogP contribution is 2.44. The molecular formula is C27H21BrN2O4S. The van der Waals surface area contributed by atoms with Gasteiger partial charge in [-0.25, -0.2) is 4.98 Å². The number of aryl methyl sites for hydroxylation is 1. The number of hydrogen-bond donors (Lipinski definition) is 1. The Labute approximate surface area is 214 Å². The summed E-state index contributed by atoms with van der Waals surface area (Å²) in [4.78, 5) is 32.8. The van der Waals surface area contributed by atoms with Crippen molar-refractivity contribution >= 4 is 60.1 Å². The molecule has 1 aliphatic heterocycles. The number of carbonyl (C=O) groups excluding carboxylic acids is 2. The first-order valence-corrected chi connectivity index (χ1v) is 12.6. The number of carbonyl (C=O) groups is 2. The molecule has 1 aliphatic rings. The fourth-order valence-electron chi connectivity index (χ4n) is 4.18. The number of aliphatic hydroxyl groups excluding tert-OH is 1. The lowest BCUT2D eigenvalue weighted by Gasteiger charge is -2.23. The second-order valence-corrected chi connectivity index (χ2v) is 10.1. The predicted molar refractivity (Wildman–Crippen MR) is 141 cm³/mol. The first kappa shape index (κ1) is 23.3. The highest BCUT2D eigenvalue weighted by Gasteiger charge is 2.48. The quantitative estimate of drug-likeness (QED) is 0.177. The molecule has 6 nitrogen and oxygen atoms in total. The number of aliphatic hydroxyl groups is 1. The molecule has 176 valence electrons. The van der Waals surface area contributed by atoms with Crippen molar-refractivity contribution in [3.8, 4) is 5.75 Å². The van der Waals surface area contributed by atoms with Gasteiger partial charge in [0.05, 0.1) is 28.4 Å². The Bertz CT molecular complexity index is 1490. The number of rotatable bonds is 5. The minimum atomic E-state index is -0.833. The van der Waals surface area contributed by atoms with Crippen molar-refractivity contribution in [3.05, 3.63) is 93.5 Å². The molecule has 0 saturated carbocycles. The van der Waals surface area contributed by atoms with E-state index in [0.717, 1.165) is 20.3 Å². The molecule has 1 saturated heterocycles. The molecule has 0 spiro atoms. The molecule has 8 heteroatoms. The molecule has 4 aromatic rings. The Hall–Kier alpha value is -3.49. The summed E-state index contributed by atoms with van der Waals surface area (Å²) in [6.07, 6.45) is 0. The number of hydrogen-bond acceptors (Lipinski definition) is 6. The lowest BCUT2D eigenvalue weighted by Crippen LogP contribution is -2.29. The molecule has 35 heavy (non-hydrogen) atoms. The maximum Gasteiger partial charge on any atom is 0.301 e. The standard InChI is InChI=1S/C27H21BrN2O4S/c1-3-34-19-10-8-16(9-11-19)24(31)22-23(17-5-4-6-18(28)14-17)30(26(33)25(22)32)27-29-20-12-7-15(2)13-21(20)35-27/h4-14,23,31H,3H2,1-2H3/b24-22+/t23-/m0/s1. The molecule has 3 aromatic carbocycles. The zero-order valence-corrected chi connectivity index (χ0v) is 21.4. The average Bonchev–Trinajstić information content (AvgIpc) is 3.37. The van der Waals surface area contributed by atoms with Gasteiger partial charge in [0, 0.05) is 10.0 Å². The Morgan fingerprint density at radius 2 is 1.89 bits per heavy atom. The summed E-state index contributed by atoms with van der Waals surface area (Å²) in [6, 6.07) is 19.2. The molecule has 0 unspecified atom stereocenters. The van der Waals surface area contributed by atoms with Crippen LogP contribution in [-0.2, 0) is 9.59 Å². The van der Waals surface area contributed by atoms with Crippen LogP contribution in [0, 0.1) is 6.92 Å². The highest BCUT2D eigenvalue weighted by molar-refractivity contribution is 9.10.